The van der Waals surface area contributed by atoms with Crippen molar-refractivity contribution in [3.8, 4) is 22.5 Å². The van der Waals surface area contributed by atoms with Crippen LogP contribution in [0.4, 0.5) is 0 Å². The van der Waals surface area contributed by atoms with E-state index >= 15 is 0 Å². The van der Waals surface area contributed by atoms with E-state index in [9.17, 15) is 0 Å². The third kappa shape index (κ3) is 10.1. The number of fused-ring (bicyclic) bond motifs is 4. The molecule has 6 nitrogen and oxygen atoms in total. The van der Waals surface area contributed by atoms with Crippen LogP contribution in [0.1, 0.15) is 167 Å². The average molecular weight is 1020 g/mol. The first-order valence-corrected chi connectivity index (χ1v) is 22.2. The Bertz CT molecular complexity index is 2820. The zero-order chi connectivity index (χ0) is 44.9. The van der Waals surface area contributed by atoms with Gasteiger partial charge in [0, 0.05) is 60.2 Å². The number of nitrogens with zero attached hydrogens (tertiary/aromatic N) is 4. The van der Waals surface area contributed by atoms with Crippen LogP contribution in [0, 0.1) is 12.1 Å². The molecule has 8 aromatic rings. The van der Waals surface area contributed by atoms with Crippen molar-refractivity contribution in [2.24, 2.45) is 0 Å². The molecule has 0 aliphatic heterocycles. The number of oxazole rings is 1. The van der Waals surface area contributed by atoms with Crippen LogP contribution < -0.4 is 0 Å². The SMILES string of the molecule is CC(C)(C)c1ccc(-c2[c-]cccc2)nc1.CC(C)c1cc(C(C)C)c(Cc2c3nc(C(C)(C)C)oc3cc3c2oc2c(-c4cc(C(C)(C)C)ncn4)[c-]ccc23)c(C(C)C)c1.[Ir]. The van der Waals surface area contributed by atoms with Crippen LogP contribution >= 0.6 is 0 Å². The fraction of sp³-hybridized carbons (Fsp3) is 0.393. The van der Waals surface area contributed by atoms with Gasteiger partial charge in [0.15, 0.2) is 5.58 Å². The molecule has 4 aromatic heterocycles. The van der Waals surface area contributed by atoms with Crippen molar-refractivity contribution in [3.05, 3.63) is 142 Å². The third-order valence-electron chi connectivity index (χ3n) is 11.7. The van der Waals surface area contributed by atoms with Gasteiger partial charge in [-0.05, 0) is 68.4 Å². The minimum atomic E-state index is -0.232. The van der Waals surface area contributed by atoms with Crippen molar-refractivity contribution >= 4 is 33.0 Å². The van der Waals surface area contributed by atoms with E-state index in [2.05, 4.69) is 173 Å². The van der Waals surface area contributed by atoms with Gasteiger partial charge in [-0.25, -0.2) is 9.97 Å². The summed E-state index contributed by atoms with van der Waals surface area (Å²) in [6.07, 6.45) is 4.30. The Morgan fingerprint density at radius 1 is 0.603 bits per heavy atom. The van der Waals surface area contributed by atoms with Gasteiger partial charge >= 0.3 is 0 Å². The number of pyridine rings is 1. The summed E-state index contributed by atoms with van der Waals surface area (Å²) < 4.78 is 13.5. The maximum absolute atomic E-state index is 6.96. The molecule has 4 heterocycles. The molecular formula is C56H64IrN4O2-2. The molecule has 0 aliphatic carbocycles. The quantitative estimate of drug-likeness (QED) is 0.148. The molecule has 0 atom stereocenters. The van der Waals surface area contributed by atoms with Crippen molar-refractivity contribution in [1.82, 2.24) is 19.9 Å². The minimum absolute atomic E-state index is 0. The van der Waals surface area contributed by atoms with E-state index in [0.29, 0.717) is 24.2 Å². The normalized spacial score (nSPS) is 12.4. The van der Waals surface area contributed by atoms with Crippen molar-refractivity contribution in [1.29, 1.82) is 0 Å². The second-order valence-electron chi connectivity index (χ2n) is 20.9. The Hall–Kier alpha value is -4.97. The van der Waals surface area contributed by atoms with Gasteiger partial charge in [-0.2, -0.15) is 0 Å². The Labute approximate surface area is 389 Å². The molecule has 0 bridgehead atoms. The predicted octanol–water partition coefficient (Wildman–Crippen LogP) is 15.4. The summed E-state index contributed by atoms with van der Waals surface area (Å²) in [4.78, 5) is 18.9. The largest absolute Gasteiger partial charge is 0.500 e. The standard InChI is InChI=1S/C41H48N3O2.C15H16N.Ir/c1-22(2)25-16-28(23(3)4)30(29(17-25)24(5)6)18-32-36-34(45-39(44-36)41(10,11)12)19-31-26-14-13-15-27(37(26)46-38(31)32)33-20-35(40(7,8)9)43-21-42-33;1-15(2,3)13-9-10-14(16-11-13)12-7-5-4-6-8-12;/h13-14,16-17,19-24H,18H2,1-12H3;4-7,9-11H,1-3H3;/q2*-1;. The summed E-state index contributed by atoms with van der Waals surface area (Å²) in [7, 11) is 0. The predicted molar refractivity (Wildman–Crippen MR) is 257 cm³/mol. The summed E-state index contributed by atoms with van der Waals surface area (Å²) >= 11 is 0. The molecule has 4 aromatic carbocycles. The summed E-state index contributed by atoms with van der Waals surface area (Å²) in [5, 5.41) is 2.03. The number of rotatable bonds is 7. The molecule has 0 saturated carbocycles. The van der Waals surface area contributed by atoms with Gasteiger partial charge < -0.3 is 13.8 Å². The van der Waals surface area contributed by atoms with E-state index in [4.69, 9.17) is 13.8 Å². The maximum Gasteiger partial charge on any atom is 0.200 e. The first-order valence-electron chi connectivity index (χ1n) is 22.2. The van der Waals surface area contributed by atoms with Gasteiger partial charge in [-0.1, -0.05) is 145 Å². The molecule has 0 aliphatic rings. The van der Waals surface area contributed by atoms with Crippen LogP contribution in [-0.4, -0.2) is 19.9 Å². The smallest absolute Gasteiger partial charge is 0.200 e. The summed E-state index contributed by atoms with van der Waals surface area (Å²) in [5.74, 6) is 1.92. The number of aromatic nitrogens is 4. The molecule has 7 heteroatoms. The first-order chi connectivity index (χ1) is 29.1. The Morgan fingerprint density at radius 2 is 1.30 bits per heavy atom. The summed E-state index contributed by atoms with van der Waals surface area (Å²) in [6.45, 7) is 33.3. The third-order valence-corrected chi connectivity index (χ3v) is 11.7. The van der Waals surface area contributed by atoms with Gasteiger partial charge in [-0.3, -0.25) is 4.98 Å². The van der Waals surface area contributed by atoms with Gasteiger partial charge in [0.2, 0.25) is 5.89 Å². The summed E-state index contributed by atoms with van der Waals surface area (Å²) in [5.41, 5.74) is 15.6. The van der Waals surface area contributed by atoms with Crippen LogP contribution in [0.2, 0.25) is 0 Å². The minimum Gasteiger partial charge on any atom is -0.500 e. The molecule has 1 radical (unpaired) electrons. The van der Waals surface area contributed by atoms with E-state index in [1.807, 2.05) is 36.5 Å². The fourth-order valence-electron chi connectivity index (χ4n) is 7.95. The molecule has 0 unspecified atom stereocenters. The molecular weight excluding hydrogens is 953 g/mol. The van der Waals surface area contributed by atoms with Gasteiger partial charge in [0.25, 0.3) is 0 Å². The van der Waals surface area contributed by atoms with Crippen LogP contribution in [0.5, 0.6) is 0 Å². The molecule has 63 heavy (non-hydrogen) atoms. The van der Waals surface area contributed by atoms with Crippen LogP contribution in [0.3, 0.4) is 0 Å². The van der Waals surface area contributed by atoms with E-state index in [-0.39, 0.29) is 36.4 Å². The fourth-order valence-corrected chi connectivity index (χ4v) is 7.95. The second kappa shape index (κ2) is 18.3. The van der Waals surface area contributed by atoms with Crippen molar-refractivity contribution < 1.29 is 28.9 Å². The zero-order valence-electron chi connectivity index (χ0n) is 40.0. The van der Waals surface area contributed by atoms with Crippen molar-refractivity contribution in [2.45, 2.75) is 144 Å². The number of hydrogen-bond donors (Lipinski definition) is 0. The van der Waals surface area contributed by atoms with E-state index in [1.165, 1.54) is 27.8 Å². The van der Waals surface area contributed by atoms with Crippen LogP contribution in [0.25, 0.3) is 55.6 Å². The number of benzene rings is 4. The van der Waals surface area contributed by atoms with Gasteiger partial charge in [0.1, 0.15) is 17.4 Å². The molecule has 331 valence electrons. The Balaban J connectivity index is 0.000000327. The molecule has 8 rings (SSSR count). The monoisotopic (exact) mass is 1020 g/mol. The number of hydrogen-bond acceptors (Lipinski definition) is 6. The van der Waals surface area contributed by atoms with E-state index in [1.54, 1.807) is 6.33 Å². The Kier molecular flexibility index (Phi) is 13.8. The summed E-state index contributed by atoms with van der Waals surface area (Å²) in [6, 6.07) is 31.8. The van der Waals surface area contributed by atoms with Crippen molar-refractivity contribution in [3.63, 3.8) is 0 Å². The molecule has 0 spiro atoms. The number of furan rings is 1. The molecule has 0 amide bonds. The van der Waals surface area contributed by atoms with E-state index in [0.717, 1.165) is 72.7 Å². The van der Waals surface area contributed by atoms with Gasteiger partial charge in [0.05, 0.1) is 5.58 Å². The molecule has 0 N–H and O–H groups in total. The first kappa shape index (κ1) is 47.5. The Morgan fingerprint density at radius 3 is 1.86 bits per heavy atom. The van der Waals surface area contributed by atoms with Crippen LogP contribution in [0.15, 0.2) is 94.2 Å². The van der Waals surface area contributed by atoms with Crippen molar-refractivity contribution in [2.75, 3.05) is 0 Å². The topological polar surface area (TPSA) is 77.8 Å². The zero-order valence-corrected chi connectivity index (χ0v) is 42.4. The van der Waals surface area contributed by atoms with Gasteiger partial charge in [-0.15, -0.1) is 54.1 Å². The maximum atomic E-state index is 6.96. The molecule has 0 fully saturated rings. The second-order valence-corrected chi connectivity index (χ2v) is 20.9. The van der Waals surface area contributed by atoms with E-state index < -0.39 is 0 Å². The van der Waals surface area contributed by atoms with Crippen LogP contribution in [-0.2, 0) is 42.8 Å². The molecule has 0 saturated heterocycles. The average Bonchev–Trinajstić information content (AvgIpc) is 3.83.